The first-order chi connectivity index (χ1) is 13.0. The van der Waals surface area contributed by atoms with Crippen molar-refractivity contribution >= 4 is 23.1 Å². The highest BCUT2D eigenvalue weighted by molar-refractivity contribution is 5.99. The number of fused-ring (bicyclic) bond motifs is 1. The summed E-state index contributed by atoms with van der Waals surface area (Å²) in [5.41, 5.74) is 4.60. The number of aryl methyl sites for hydroxylation is 1. The number of rotatable bonds is 5. The number of terminal acetylenes is 1. The van der Waals surface area contributed by atoms with Crippen LogP contribution in [0.1, 0.15) is 43.5 Å². The molecule has 27 heavy (non-hydrogen) atoms. The van der Waals surface area contributed by atoms with Crippen LogP contribution in [0.4, 0.5) is 0 Å². The maximum atomic E-state index is 11.2. The molecule has 0 aliphatic heterocycles. The molecule has 0 aliphatic rings. The average Bonchev–Trinajstić information content (AvgIpc) is 3.07. The molecule has 3 heterocycles. The van der Waals surface area contributed by atoms with E-state index >= 15 is 0 Å². The Labute approximate surface area is 157 Å². The molecule has 0 saturated heterocycles. The molecule has 0 saturated carbocycles. The van der Waals surface area contributed by atoms with Gasteiger partial charge >= 0.3 is 5.97 Å². The van der Waals surface area contributed by atoms with Gasteiger partial charge in [-0.1, -0.05) is 19.8 Å². The van der Waals surface area contributed by atoms with Gasteiger partial charge in [0.2, 0.25) is 0 Å². The van der Waals surface area contributed by atoms with Crippen LogP contribution in [0.15, 0.2) is 30.7 Å². The van der Waals surface area contributed by atoms with E-state index in [1.165, 1.54) is 0 Å². The van der Waals surface area contributed by atoms with Gasteiger partial charge in [-0.15, -0.1) is 6.42 Å². The third kappa shape index (κ3) is 3.44. The highest BCUT2D eigenvalue weighted by Crippen LogP contribution is 2.36. The monoisotopic (exact) mass is 360 g/mol. The van der Waals surface area contributed by atoms with Crippen molar-refractivity contribution in [1.29, 1.82) is 0 Å². The Morgan fingerprint density at radius 3 is 2.78 bits per heavy atom. The molecule has 0 aliphatic carbocycles. The Kier molecular flexibility index (Phi) is 5.04. The van der Waals surface area contributed by atoms with E-state index in [9.17, 15) is 4.79 Å². The fourth-order valence-electron chi connectivity index (χ4n) is 3.08. The maximum Gasteiger partial charge on any atom is 0.328 e. The molecule has 0 spiro atoms. The Morgan fingerprint density at radius 2 is 2.15 bits per heavy atom. The summed E-state index contributed by atoms with van der Waals surface area (Å²) in [7, 11) is 0. The lowest BCUT2D eigenvalue weighted by Crippen LogP contribution is -2.05. The van der Waals surface area contributed by atoms with Gasteiger partial charge in [0.15, 0.2) is 5.65 Å². The summed E-state index contributed by atoms with van der Waals surface area (Å²) in [4.78, 5) is 20.2. The Bertz CT molecular complexity index is 1090. The van der Waals surface area contributed by atoms with Gasteiger partial charge in [-0.2, -0.15) is 5.10 Å². The van der Waals surface area contributed by atoms with E-state index in [-0.39, 0.29) is 5.92 Å². The smallest absolute Gasteiger partial charge is 0.328 e. The molecule has 0 fully saturated rings. The Balaban J connectivity index is 2.45. The van der Waals surface area contributed by atoms with E-state index in [0.29, 0.717) is 12.1 Å². The van der Waals surface area contributed by atoms with Gasteiger partial charge in [0.1, 0.15) is 0 Å². The molecule has 6 heteroatoms. The molecule has 0 amide bonds. The number of pyridine rings is 2. The first kappa shape index (κ1) is 18.3. The second-order valence-corrected chi connectivity index (χ2v) is 6.42. The van der Waals surface area contributed by atoms with Crippen molar-refractivity contribution in [3.8, 4) is 23.5 Å². The van der Waals surface area contributed by atoms with Crippen molar-refractivity contribution in [2.24, 2.45) is 0 Å². The summed E-state index contributed by atoms with van der Waals surface area (Å²) in [6.45, 7) is 6.74. The van der Waals surface area contributed by atoms with Gasteiger partial charge in [0.25, 0.3) is 0 Å². The second kappa shape index (κ2) is 7.42. The first-order valence-electron chi connectivity index (χ1n) is 8.68. The molecule has 0 radical (unpaired) electrons. The van der Waals surface area contributed by atoms with E-state index in [1.54, 1.807) is 24.7 Å². The maximum absolute atomic E-state index is 11.2. The second-order valence-electron chi connectivity index (χ2n) is 6.42. The topological polar surface area (TPSA) is 80.9 Å². The lowest BCUT2D eigenvalue weighted by Gasteiger charge is -2.16. The molecule has 0 unspecified atom stereocenters. The van der Waals surface area contributed by atoms with Gasteiger partial charge in [0.05, 0.1) is 11.9 Å². The van der Waals surface area contributed by atoms with Gasteiger partial charge in [-0.25, -0.2) is 14.5 Å². The predicted octanol–water partition coefficient (Wildman–Crippen LogP) is 3.72. The van der Waals surface area contributed by atoms with Gasteiger partial charge in [-0.05, 0) is 25.0 Å². The number of hydrogen-bond acceptors (Lipinski definition) is 4. The average molecular weight is 360 g/mol. The van der Waals surface area contributed by atoms with Gasteiger partial charge in [-0.3, -0.25) is 4.98 Å². The zero-order valence-corrected chi connectivity index (χ0v) is 15.5. The summed E-state index contributed by atoms with van der Waals surface area (Å²) in [6.07, 6.45) is 13.4. The van der Waals surface area contributed by atoms with E-state index in [0.717, 1.165) is 39.5 Å². The third-order valence-corrected chi connectivity index (χ3v) is 4.29. The van der Waals surface area contributed by atoms with Crippen LogP contribution in [-0.4, -0.2) is 30.8 Å². The standard InChI is InChI=1S/C21H20N4O2/c1-5-14-9-15(11-22-10-14)19-16(7-8-18(26)27)20(13(3)4)24-21-17(19)12-23-25(21)6-2/h1,7-13H,6H2,2-4H3,(H,26,27)/b8-7+. The molecule has 136 valence electrons. The zero-order valence-electron chi connectivity index (χ0n) is 15.5. The Hall–Kier alpha value is -3.46. The molecule has 1 N–H and O–H groups in total. The lowest BCUT2D eigenvalue weighted by molar-refractivity contribution is -0.131. The summed E-state index contributed by atoms with van der Waals surface area (Å²) in [5, 5.41) is 14.4. The van der Waals surface area contributed by atoms with Crippen molar-refractivity contribution in [3.05, 3.63) is 47.6 Å². The summed E-state index contributed by atoms with van der Waals surface area (Å²) in [5.74, 6) is 1.67. The van der Waals surface area contributed by atoms with Crippen molar-refractivity contribution < 1.29 is 9.90 Å². The van der Waals surface area contributed by atoms with Crippen LogP contribution in [0.3, 0.4) is 0 Å². The minimum atomic E-state index is -1.02. The number of carboxylic acid groups (broad SMARTS) is 1. The van der Waals surface area contributed by atoms with Crippen LogP contribution in [0, 0.1) is 12.3 Å². The molecular weight excluding hydrogens is 340 g/mol. The number of hydrogen-bond donors (Lipinski definition) is 1. The molecule has 0 atom stereocenters. The number of nitrogens with zero attached hydrogens (tertiary/aromatic N) is 4. The minimum absolute atomic E-state index is 0.0885. The van der Waals surface area contributed by atoms with E-state index in [2.05, 4.69) is 16.0 Å². The number of aromatic nitrogens is 4. The first-order valence-corrected chi connectivity index (χ1v) is 8.68. The van der Waals surface area contributed by atoms with Crippen molar-refractivity contribution in [2.75, 3.05) is 0 Å². The van der Waals surface area contributed by atoms with Crippen LogP contribution >= 0.6 is 0 Å². The van der Waals surface area contributed by atoms with Crippen molar-refractivity contribution in [1.82, 2.24) is 19.7 Å². The summed E-state index contributed by atoms with van der Waals surface area (Å²) < 4.78 is 1.83. The van der Waals surface area contributed by atoms with E-state index < -0.39 is 5.97 Å². The van der Waals surface area contributed by atoms with E-state index in [1.807, 2.05) is 31.5 Å². The SMILES string of the molecule is C#Cc1cncc(-c2c(/C=C/C(=O)O)c(C(C)C)nc3c2cnn3CC)c1. The third-order valence-electron chi connectivity index (χ3n) is 4.29. The summed E-state index contributed by atoms with van der Waals surface area (Å²) >= 11 is 0. The van der Waals surface area contributed by atoms with Crippen molar-refractivity contribution in [2.45, 2.75) is 33.2 Å². The molecule has 3 aromatic heterocycles. The summed E-state index contributed by atoms with van der Waals surface area (Å²) in [6, 6.07) is 1.87. The highest BCUT2D eigenvalue weighted by Gasteiger charge is 2.20. The fraction of sp³-hybridized carbons (Fsp3) is 0.238. The number of aliphatic carboxylic acids is 1. The molecule has 3 rings (SSSR count). The van der Waals surface area contributed by atoms with Crippen LogP contribution < -0.4 is 0 Å². The van der Waals surface area contributed by atoms with Gasteiger partial charge in [0, 0.05) is 52.7 Å². The molecular formula is C21H20N4O2. The van der Waals surface area contributed by atoms with Gasteiger partial charge < -0.3 is 5.11 Å². The van der Waals surface area contributed by atoms with Crippen LogP contribution in [0.5, 0.6) is 0 Å². The minimum Gasteiger partial charge on any atom is -0.478 e. The van der Waals surface area contributed by atoms with Crippen LogP contribution in [0.25, 0.3) is 28.2 Å². The Morgan fingerprint density at radius 1 is 1.37 bits per heavy atom. The zero-order chi connectivity index (χ0) is 19.6. The largest absolute Gasteiger partial charge is 0.478 e. The van der Waals surface area contributed by atoms with Crippen LogP contribution in [0.2, 0.25) is 0 Å². The molecule has 0 bridgehead atoms. The number of carboxylic acids is 1. The molecule has 0 aromatic carbocycles. The van der Waals surface area contributed by atoms with Crippen LogP contribution in [-0.2, 0) is 11.3 Å². The predicted molar refractivity (Wildman–Crippen MR) is 105 cm³/mol. The van der Waals surface area contributed by atoms with E-state index in [4.69, 9.17) is 16.5 Å². The van der Waals surface area contributed by atoms with Crippen molar-refractivity contribution in [3.63, 3.8) is 0 Å². The quantitative estimate of drug-likeness (QED) is 0.554. The lowest BCUT2D eigenvalue weighted by atomic mass is 9.92. The fourth-order valence-corrected chi connectivity index (χ4v) is 3.08. The molecule has 3 aromatic rings. The number of carbonyl (C=O) groups is 1. The normalized spacial score (nSPS) is 11.4. The highest BCUT2D eigenvalue weighted by atomic mass is 16.4. The molecule has 6 nitrogen and oxygen atoms in total.